The molecular weight excluding hydrogens is 212 g/mol. The quantitative estimate of drug-likeness (QED) is 0.703. The van der Waals surface area contributed by atoms with Crippen molar-refractivity contribution in [3.05, 3.63) is 12.0 Å². The number of nitrogens with zero attached hydrogens (tertiary/aromatic N) is 2. The molecule has 7 heteroatoms. The number of carbonyl (C=O) groups is 2. The van der Waals surface area contributed by atoms with Crippen molar-refractivity contribution < 1.29 is 14.3 Å². The Bertz CT molecular complexity index is 413. The summed E-state index contributed by atoms with van der Waals surface area (Å²) >= 11 is 0. The van der Waals surface area contributed by atoms with Crippen LogP contribution in [0.15, 0.2) is 6.33 Å². The molecule has 0 bridgehead atoms. The van der Waals surface area contributed by atoms with Crippen LogP contribution in [0.5, 0.6) is 0 Å². The Balaban J connectivity index is 3.02. The fourth-order valence-corrected chi connectivity index (χ4v) is 1.32. The molecule has 0 aliphatic rings. The number of ether oxygens (including phenoxy) is 1. The predicted molar refractivity (Wildman–Crippen MR) is 56.3 cm³/mol. The molecule has 1 amide bonds. The topological polar surface area (TPSA) is 113 Å². The Morgan fingerprint density at radius 2 is 2.25 bits per heavy atom. The van der Waals surface area contributed by atoms with Gasteiger partial charge >= 0.3 is 5.97 Å². The van der Waals surface area contributed by atoms with Gasteiger partial charge in [0.05, 0.1) is 0 Å². The van der Waals surface area contributed by atoms with Gasteiger partial charge in [-0.1, -0.05) is 6.92 Å². The fraction of sp³-hybridized carbons (Fsp3) is 0.444. The van der Waals surface area contributed by atoms with Crippen LogP contribution in [0.1, 0.15) is 37.0 Å². The monoisotopic (exact) mass is 226 g/mol. The number of nitrogen functional groups attached to an aromatic ring is 1. The zero-order chi connectivity index (χ0) is 12.3. The molecule has 7 nitrogen and oxygen atoms in total. The summed E-state index contributed by atoms with van der Waals surface area (Å²) in [4.78, 5) is 25.5. The molecule has 0 aromatic carbocycles. The molecule has 0 saturated heterocycles. The Kier molecular flexibility index (Phi) is 3.49. The zero-order valence-corrected chi connectivity index (χ0v) is 9.14. The SMILES string of the molecule is CCC(OC(C)=O)n1cnc(C(N)=O)c1N. The molecule has 0 spiro atoms. The molecule has 88 valence electrons. The molecule has 1 aromatic rings. The number of carbonyl (C=O) groups excluding carboxylic acids is 2. The van der Waals surface area contributed by atoms with Gasteiger partial charge in [0.1, 0.15) is 12.1 Å². The molecular formula is C9H14N4O3. The Hall–Kier alpha value is -2.05. The van der Waals surface area contributed by atoms with Crippen LogP contribution in [-0.2, 0) is 9.53 Å². The molecule has 1 rings (SSSR count). The third-order valence-corrected chi connectivity index (χ3v) is 2.03. The van der Waals surface area contributed by atoms with Gasteiger partial charge in [-0.3, -0.25) is 14.2 Å². The van der Waals surface area contributed by atoms with Gasteiger partial charge in [0.25, 0.3) is 5.91 Å². The highest BCUT2D eigenvalue weighted by Crippen LogP contribution is 2.20. The highest BCUT2D eigenvalue weighted by atomic mass is 16.6. The lowest BCUT2D eigenvalue weighted by Crippen LogP contribution is -2.18. The maximum absolute atomic E-state index is 10.9. The molecule has 4 N–H and O–H groups in total. The van der Waals surface area contributed by atoms with Crippen LogP contribution >= 0.6 is 0 Å². The predicted octanol–water partition coefficient (Wildman–Crippen LogP) is 0.0359. The van der Waals surface area contributed by atoms with E-state index in [0.717, 1.165) is 0 Å². The number of amides is 1. The van der Waals surface area contributed by atoms with Gasteiger partial charge in [-0.05, 0) is 0 Å². The maximum atomic E-state index is 10.9. The highest BCUT2D eigenvalue weighted by Gasteiger charge is 2.19. The van der Waals surface area contributed by atoms with E-state index in [9.17, 15) is 9.59 Å². The third kappa shape index (κ3) is 2.30. The molecule has 16 heavy (non-hydrogen) atoms. The first-order valence-electron chi connectivity index (χ1n) is 4.76. The second-order valence-electron chi connectivity index (χ2n) is 3.22. The molecule has 0 fully saturated rings. The van der Waals surface area contributed by atoms with Crippen LogP contribution in [-0.4, -0.2) is 21.4 Å². The van der Waals surface area contributed by atoms with Crippen LogP contribution in [0.4, 0.5) is 5.82 Å². The first-order chi connectivity index (χ1) is 7.47. The number of imidazole rings is 1. The number of anilines is 1. The van der Waals surface area contributed by atoms with Gasteiger partial charge in [0, 0.05) is 13.3 Å². The van der Waals surface area contributed by atoms with Crippen molar-refractivity contribution in [2.24, 2.45) is 5.73 Å². The lowest BCUT2D eigenvalue weighted by Gasteiger charge is -2.17. The summed E-state index contributed by atoms with van der Waals surface area (Å²) in [6.07, 6.45) is 1.27. The van der Waals surface area contributed by atoms with Crippen molar-refractivity contribution >= 4 is 17.7 Å². The molecule has 1 aromatic heterocycles. The van der Waals surface area contributed by atoms with Gasteiger partial charge < -0.3 is 16.2 Å². The number of rotatable bonds is 4. The average molecular weight is 226 g/mol. The number of nitrogens with two attached hydrogens (primary N) is 2. The summed E-state index contributed by atoms with van der Waals surface area (Å²) in [6, 6.07) is 0. The van der Waals surface area contributed by atoms with Crippen molar-refractivity contribution in [2.45, 2.75) is 26.5 Å². The van der Waals surface area contributed by atoms with E-state index >= 15 is 0 Å². The first-order valence-corrected chi connectivity index (χ1v) is 4.76. The first kappa shape index (κ1) is 12.0. The minimum atomic E-state index is -0.714. The highest BCUT2D eigenvalue weighted by molar-refractivity contribution is 5.95. The van der Waals surface area contributed by atoms with Crippen molar-refractivity contribution in [1.29, 1.82) is 0 Å². The minimum absolute atomic E-state index is 0.0226. The second kappa shape index (κ2) is 4.65. The second-order valence-corrected chi connectivity index (χ2v) is 3.22. The van der Waals surface area contributed by atoms with E-state index in [-0.39, 0.29) is 11.5 Å². The van der Waals surface area contributed by atoms with Crippen molar-refractivity contribution in [1.82, 2.24) is 9.55 Å². The van der Waals surface area contributed by atoms with Gasteiger partial charge in [0.15, 0.2) is 11.9 Å². The molecule has 0 aliphatic carbocycles. The van der Waals surface area contributed by atoms with E-state index in [1.54, 1.807) is 0 Å². The van der Waals surface area contributed by atoms with E-state index < -0.39 is 18.1 Å². The standard InChI is InChI=1S/C9H14N4O3/c1-3-6(16-5(2)14)13-4-12-7(8(13)10)9(11)15/h4,6H,3,10H2,1-2H3,(H2,11,15). The molecule has 1 heterocycles. The lowest BCUT2D eigenvalue weighted by atomic mass is 10.4. The normalized spacial score (nSPS) is 12.1. The molecule has 0 radical (unpaired) electrons. The summed E-state index contributed by atoms with van der Waals surface area (Å²) in [5, 5.41) is 0. The number of hydrogen-bond acceptors (Lipinski definition) is 5. The molecule has 0 aliphatic heterocycles. The number of primary amides is 1. The Morgan fingerprint density at radius 1 is 1.62 bits per heavy atom. The van der Waals surface area contributed by atoms with Crippen LogP contribution in [0.2, 0.25) is 0 Å². The van der Waals surface area contributed by atoms with E-state index in [0.29, 0.717) is 6.42 Å². The number of hydrogen-bond donors (Lipinski definition) is 2. The van der Waals surface area contributed by atoms with Gasteiger partial charge in [0.2, 0.25) is 0 Å². The van der Waals surface area contributed by atoms with Gasteiger partial charge in [-0.15, -0.1) is 0 Å². The van der Waals surface area contributed by atoms with Crippen molar-refractivity contribution in [2.75, 3.05) is 5.73 Å². The smallest absolute Gasteiger partial charge is 0.304 e. The van der Waals surface area contributed by atoms with Crippen molar-refractivity contribution in [3.63, 3.8) is 0 Å². The summed E-state index contributed by atoms with van der Waals surface area (Å²) in [7, 11) is 0. The summed E-state index contributed by atoms with van der Waals surface area (Å²) in [5.41, 5.74) is 10.7. The fourth-order valence-electron chi connectivity index (χ4n) is 1.32. The summed E-state index contributed by atoms with van der Waals surface area (Å²) in [6.45, 7) is 3.11. The molecule has 0 saturated carbocycles. The Morgan fingerprint density at radius 3 is 2.62 bits per heavy atom. The summed E-state index contributed by atoms with van der Waals surface area (Å²) in [5.74, 6) is -1.05. The van der Waals surface area contributed by atoms with Crippen LogP contribution < -0.4 is 11.5 Å². The lowest BCUT2D eigenvalue weighted by molar-refractivity contribution is -0.151. The van der Waals surface area contributed by atoms with Gasteiger partial charge in [-0.25, -0.2) is 4.98 Å². The van der Waals surface area contributed by atoms with Crippen LogP contribution in [0.3, 0.4) is 0 Å². The minimum Gasteiger partial charge on any atom is -0.441 e. The van der Waals surface area contributed by atoms with E-state index in [4.69, 9.17) is 16.2 Å². The van der Waals surface area contributed by atoms with Gasteiger partial charge in [-0.2, -0.15) is 0 Å². The third-order valence-electron chi connectivity index (χ3n) is 2.03. The van der Waals surface area contributed by atoms with E-state index in [1.807, 2.05) is 6.92 Å². The Labute approximate surface area is 92.4 Å². The maximum Gasteiger partial charge on any atom is 0.304 e. The van der Waals surface area contributed by atoms with Crippen molar-refractivity contribution in [3.8, 4) is 0 Å². The average Bonchev–Trinajstić information content (AvgIpc) is 2.56. The number of esters is 1. The number of aromatic nitrogens is 2. The van der Waals surface area contributed by atoms with E-state index in [1.165, 1.54) is 17.8 Å². The van der Waals surface area contributed by atoms with Crippen LogP contribution in [0.25, 0.3) is 0 Å². The van der Waals surface area contributed by atoms with E-state index in [2.05, 4.69) is 4.98 Å². The van der Waals surface area contributed by atoms with Crippen LogP contribution in [0, 0.1) is 0 Å². The zero-order valence-electron chi connectivity index (χ0n) is 9.14. The largest absolute Gasteiger partial charge is 0.441 e. The molecule has 1 unspecified atom stereocenters. The summed E-state index contributed by atoms with van der Waals surface area (Å²) < 4.78 is 6.42. The molecule has 1 atom stereocenters.